The summed E-state index contributed by atoms with van der Waals surface area (Å²) in [5, 5.41) is 7.35. The van der Waals surface area contributed by atoms with Gasteiger partial charge in [0.1, 0.15) is 5.84 Å². The first-order valence-electron chi connectivity index (χ1n) is 6.02. The van der Waals surface area contributed by atoms with E-state index < -0.39 is 0 Å². The van der Waals surface area contributed by atoms with Crippen molar-refractivity contribution < 1.29 is 4.39 Å². The van der Waals surface area contributed by atoms with Crippen molar-refractivity contribution >= 4 is 27.5 Å². The van der Waals surface area contributed by atoms with Crippen molar-refractivity contribution in [2.24, 2.45) is 5.73 Å². The fourth-order valence-electron chi connectivity index (χ4n) is 1.76. The quantitative estimate of drug-likeness (QED) is 0.479. The van der Waals surface area contributed by atoms with Gasteiger partial charge in [0.2, 0.25) is 0 Å². The third-order valence-corrected chi connectivity index (χ3v) is 3.64. The van der Waals surface area contributed by atoms with Gasteiger partial charge in [-0.15, -0.1) is 0 Å². The SMILES string of the molecule is CCCCCN(C)c1ccc(C(=N)N)c(Br)c1F. The second kappa shape index (κ2) is 6.73. The lowest BCUT2D eigenvalue weighted by Crippen LogP contribution is -2.21. The van der Waals surface area contributed by atoms with Crippen LogP contribution in [0.5, 0.6) is 0 Å². The number of nitrogens with one attached hydrogen (secondary N) is 1. The van der Waals surface area contributed by atoms with E-state index in [2.05, 4.69) is 22.9 Å². The number of benzene rings is 1. The summed E-state index contributed by atoms with van der Waals surface area (Å²) in [7, 11) is 1.87. The molecule has 0 aliphatic carbocycles. The van der Waals surface area contributed by atoms with E-state index >= 15 is 0 Å². The van der Waals surface area contributed by atoms with Gasteiger partial charge in [0.05, 0.1) is 10.2 Å². The van der Waals surface area contributed by atoms with E-state index in [1.165, 1.54) is 0 Å². The zero-order chi connectivity index (χ0) is 13.7. The zero-order valence-corrected chi connectivity index (χ0v) is 12.3. The minimum absolute atomic E-state index is 0.138. The standard InChI is InChI=1S/C13H19BrFN3/c1-3-4-5-8-18(2)10-7-6-9(13(16)17)11(14)12(10)15/h6-7H,3-5,8H2,1-2H3,(H3,16,17). The van der Waals surface area contributed by atoms with Crippen LogP contribution in [0.2, 0.25) is 0 Å². The Kier molecular flexibility index (Phi) is 5.59. The van der Waals surface area contributed by atoms with Crippen LogP contribution in [0.3, 0.4) is 0 Å². The molecular formula is C13H19BrFN3. The van der Waals surface area contributed by atoms with Crippen LogP contribution in [0.1, 0.15) is 31.7 Å². The molecule has 3 N–H and O–H groups in total. The number of hydrogen-bond acceptors (Lipinski definition) is 2. The van der Waals surface area contributed by atoms with E-state index in [0.717, 1.165) is 25.8 Å². The van der Waals surface area contributed by atoms with Crippen molar-refractivity contribution in [3.63, 3.8) is 0 Å². The van der Waals surface area contributed by atoms with Crippen LogP contribution in [0.25, 0.3) is 0 Å². The molecule has 1 rings (SSSR count). The Hall–Kier alpha value is -1.10. The van der Waals surface area contributed by atoms with Gasteiger partial charge < -0.3 is 10.6 Å². The van der Waals surface area contributed by atoms with Crippen molar-refractivity contribution in [2.45, 2.75) is 26.2 Å². The van der Waals surface area contributed by atoms with Gasteiger partial charge in [0.15, 0.2) is 5.82 Å². The van der Waals surface area contributed by atoms with E-state index in [9.17, 15) is 4.39 Å². The molecule has 5 heteroatoms. The molecule has 0 aromatic heterocycles. The van der Waals surface area contributed by atoms with Crippen LogP contribution in [0.4, 0.5) is 10.1 Å². The molecule has 0 aliphatic heterocycles. The summed E-state index contributed by atoms with van der Waals surface area (Å²) >= 11 is 3.16. The second-order valence-electron chi connectivity index (χ2n) is 4.30. The summed E-state index contributed by atoms with van der Waals surface area (Å²) in [6.45, 7) is 2.95. The predicted octanol–water partition coefficient (Wildman–Crippen LogP) is 3.50. The van der Waals surface area contributed by atoms with Crippen molar-refractivity contribution in [3.8, 4) is 0 Å². The van der Waals surface area contributed by atoms with E-state index in [1.807, 2.05) is 11.9 Å². The van der Waals surface area contributed by atoms with Gasteiger partial charge in [-0.1, -0.05) is 19.8 Å². The Morgan fingerprint density at radius 2 is 2.11 bits per heavy atom. The fraction of sp³-hybridized carbons (Fsp3) is 0.462. The molecule has 0 atom stereocenters. The first-order chi connectivity index (χ1) is 8.49. The first-order valence-corrected chi connectivity index (χ1v) is 6.81. The number of unbranched alkanes of at least 4 members (excludes halogenated alkanes) is 2. The van der Waals surface area contributed by atoms with E-state index in [-0.39, 0.29) is 16.1 Å². The molecule has 0 bridgehead atoms. The Morgan fingerprint density at radius 3 is 2.67 bits per heavy atom. The molecule has 0 saturated carbocycles. The highest BCUT2D eigenvalue weighted by Crippen LogP contribution is 2.28. The van der Waals surface area contributed by atoms with Gasteiger partial charge in [-0.05, 0) is 34.5 Å². The smallest absolute Gasteiger partial charge is 0.161 e. The van der Waals surface area contributed by atoms with Gasteiger partial charge >= 0.3 is 0 Å². The van der Waals surface area contributed by atoms with E-state index in [1.54, 1.807) is 12.1 Å². The monoisotopic (exact) mass is 315 g/mol. The molecule has 100 valence electrons. The Labute approximate surface area is 116 Å². The lowest BCUT2D eigenvalue weighted by molar-refractivity contribution is 0.611. The molecule has 0 spiro atoms. The van der Waals surface area contributed by atoms with Crippen LogP contribution in [0.15, 0.2) is 16.6 Å². The molecule has 18 heavy (non-hydrogen) atoms. The van der Waals surface area contributed by atoms with Crippen LogP contribution in [0, 0.1) is 11.2 Å². The minimum Gasteiger partial charge on any atom is -0.384 e. The molecule has 0 heterocycles. The summed E-state index contributed by atoms with van der Waals surface area (Å²) in [5.41, 5.74) is 6.30. The van der Waals surface area contributed by atoms with Crippen LogP contribution in [-0.2, 0) is 0 Å². The van der Waals surface area contributed by atoms with Crippen molar-refractivity contribution in [1.29, 1.82) is 5.41 Å². The maximum absolute atomic E-state index is 14.1. The molecule has 0 amide bonds. The number of amidine groups is 1. The third-order valence-electron chi connectivity index (χ3n) is 2.86. The average molecular weight is 316 g/mol. The minimum atomic E-state index is -0.360. The molecule has 1 aromatic carbocycles. The molecule has 0 fully saturated rings. The molecule has 0 aliphatic rings. The second-order valence-corrected chi connectivity index (χ2v) is 5.10. The van der Waals surface area contributed by atoms with Crippen molar-refractivity contribution in [3.05, 3.63) is 28.0 Å². The lowest BCUT2D eigenvalue weighted by Gasteiger charge is -2.21. The zero-order valence-electron chi connectivity index (χ0n) is 10.8. The Morgan fingerprint density at radius 1 is 1.44 bits per heavy atom. The van der Waals surface area contributed by atoms with E-state index in [4.69, 9.17) is 11.1 Å². The normalized spacial score (nSPS) is 10.4. The largest absolute Gasteiger partial charge is 0.384 e. The van der Waals surface area contributed by atoms with Gasteiger partial charge in [-0.3, -0.25) is 5.41 Å². The first kappa shape index (κ1) is 15.0. The van der Waals surface area contributed by atoms with Crippen LogP contribution < -0.4 is 10.6 Å². The van der Waals surface area contributed by atoms with E-state index in [0.29, 0.717) is 11.3 Å². The fourth-order valence-corrected chi connectivity index (χ4v) is 2.31. The van der Waals surface area contributed by atoms with Gasteiger partial charge in [0, 0.05) is 19.2 Å². The summed E-state index contributed by atoms with van der Waals surface area (Å²) in [5.74, 6) is -0.498. The lowest BCUT2D eigenvalue weighted by atomic mass is 10.1. The molecule has 0 unspecified atom stereocenters. The highest BCUT2D eigenvalue weighted by atomic mass is 79.9. The average Bonchev–Trinajstić information content (AvgIpc) is 2.32. The van der Waals surface area contributed by atoms with Crippen molar-refractivity contribution in [1.82, 2.24) is 0 Å². The molecule has 0 radical (unpaired) electrons. The molecular weight excluding hydrogens is 297 g/mol. The number of halogens is 2. The van der Waals surface area contributed by atoms with Gasteiger partial charge in [0.25, 0.3) is 0 Å². The topological polar surface area (TPSA) is 53.1 Å². The highest BCUT2D eigenvalue weighted by Gasteiger charge is 2.15. The van der Waals surface area contributed by atoms with Gasteiger partial charge in [-0.2, -0.15) is 0 Å². The molecule has 1 aromatic rings. The van der Waals surface area contributed by atoms with Gasteiger partial charge in [-0.25, -0.2) is 4.39 Å². The summed E-state index contributed by atoms with van der Waals surface area (Å²) < 4.78 is 14.4. The Bertz CT molecular complexity index is 434. The molecule has 3 nitrogen and oxygen atoms in total. The molecule has 0 saturated heterocycles. The number of nitrogens with two attached hydrogens (primary N) is 1. The summed E-state index contributed by atoms with van der Waals surface area (Å²) in [6.07, 6.45) is 3.32. The summed E-state index contributed by atoms with van der Waals surface area (Å²) in [4.78, 5) is 1.89. The number of nitrogen functional groups attached to an aromatic ring is 1. The highest BCUT2D eigenvalue weighted by molar-refractivity contribution is 9.10. The predicted molar refractivity (Wildman–Crippen MR) is 77.9 cm³/mol. The van der Waals surface area contributed by atoms with Crippen molar-refractivity contribution in [2.75, 3.05) is 18.5 Å². The van der Waals surface area contributed by atoms with Crippen LogP contribution in [-0.4, -0.2) is 19.4 Å². The maximum atomic E-state index is 14.1. The number of hydrogen-bond donors (Lipinski definition) is 2. The number of anilines is 1. The number of rotatable bonds is 6. The summed E-state index contributed by atoms with van der Waals surface area (Å²) in [6, 6.07) is 3.34. The third kappa shape index (κ3) is 3.45. The maximum Gasteiger partial charge on any atom is 0.161 e. The van der Waals surface area contributed by atoms with Crippen LogP contribution >= 0.6 is 15.9 Å². The Balaban J connectivity index is 2.90. The number of nitrogens with zero attached hydrogens (tertiary/aromatic N) is 1.